The van der Waals surface area contributed by atoms with Crippen LogP contribution in [0.5, 0.6) is 5.75 Å². The fourth-order valence-corrected chi connectivity index (χ4v) is 6.79. The van der Waals surface area contributed by atoms with E-state index in [2.05, 4.69) is 91.0 Å². The topological polar surface area (TPSA) is 47.9 Å². The molecule has 4 nitrogen and oxygen atoms in total. The molecule has 0 amide bonds. The largest absolute Gasteiger partial charge is 0.485 e. The van der Waals surface area contributed by atoms with E-state index in [1.165, 1.54) is 32.7 Å². The van der Waals surface area contributed by atoms with Gasteiger partial charge in [-0.05, 0) is 50.9 Å². The van der Waals surface area contributed by atoms with Crippen LogP contribution in [0.25, 0.3) is 61.0 Å². The summed E-state index contributed by atoms with van der Waals surface area (Å²) < 4.78 is 6.60. The van der Waals surface area contributed by atoms with Crippen molar-refractivity contribution in [2.45, 2.75) is 12.0 Å². The number of rotatable bonds is 4. The maximum Gasteiger partial charge on any atom is 0.164 e. The molecule has 0 saturated heterocycles. The van der Waals surface area contributed by atoms with Crippen LogP contribution >= 0.6 is 0 Å². The molecule has 0 bridgehead atoms. The first-order chi connectivity index (χ1) is 22.3. The van der Waals surface area contributed by atoms with Gasteiger partial charge in [0.2, 0.25) is 0 Å². The summed E-state index contributed by atoms with van der Waals surface area (Å²) in [4.78, 5) is 15.1. The van der Waals surface area contributed by atoms with Gasteiger partial charge in [-0.3, -0.25) is 0 Å². The summed E-state index contributed by atoms with van der Waals surface area (Å²) in [5, 5.41) is 4.99. The molecule has 0 N–H and O–H groups in total. The summed E-state index contributed by atoms with van der Waals surface area (Å²) in [7, 11) is 0. The molecule has 1 aromatic heterocycles. The Morgan fingerprint density at radius 2 is 1.18 bits per heavy atom. The van der Waals surface area contributed by atoms with Crippen molar-refractivity contribution in [3.8, 4) is 39.7 Å². The smallest absolute Gasteiger partial charge is 0.164 e. The minimum atomic E-state index is -0.150. The van der Waals surface area contributed by atoms with Crippen molar-refractivity contribution in [3.05, 3.63) is 163 Å². The Labute approximate surface area is 261 Å². The normalized spacial score (nSPS) is 16.7. The molecule has 2 unspecified atom stereocenters. The van der Waals surface area contributed by atoms with Gasteiger partial charge in [-0.15, -0.1) is 0 Å². The molecule has 7 aromatic rings. The number of aromatic nitrogens is 3. The lowest BCUT2D eigenvalue weighted by molar-refractivity contribution is 0.271. The zero-order valence-corrected chi connectivity index (χ0v) is 24.3. The first-order valence-corrected chi connectivity index (χ1v) is 15.3. The van der Waals surface area contributed by atoms with Gasteiger partial charge in [0.1, 0.15) is 11.9 Å². The van der Waals surface area contributed by atoms with Gasteiger partial charge in [-0.1, -0.05) is 133 Å². The van der Waals surface area contributed by atoms with Gasteiger partial charge in [0.05, 0.1) is 5.92 Å². The zero-order chi connectivity index (χ0) is 29.7. The molecule has 9 rings (SSSR count). The van der Waals surface area contributed by atoms with Crippen molar-refractivity contribution in [1.82, 2.24) is 15.0 Å². The van der Waals surface area contributed by atoms with Crippen LogP contribution < -0.4 is 4.74 Å². The van der Waals surface area contributed by atoms with E-state index in [4.69, 9.17) is 19.7 Å². The molecule has 0 fully saturated rings. The van der Waals surface area contributed by atoms with Crippen molar-refractivity contribution < 1.29 is 4.74 Å². The molecule has 1 aliphatic heterocycles. The fraction of sp³-hybridized carbons (Fsp3) is 0.0488. The Kier molecular flexibility index (Phi) is 5.91. The molecule has 0 radical (unpaired) electrons. The fourth-order valence-electron chi connectivity index (χ4n) is 6.79. The maximum absolute atomic E-state index is 6.60. The molecule has 4 heteroatoms. The number of allylic oxidation sites excluding steroid dienone is 2. The van der Waals surface area contributed by atoms with E-state index in [1.807, 2.05) is 60.7 Å². The molecular formula is C41H27N3O. The standard InChI is InChI=1S/C41H27N3O/c1-3-12-27(13-4-1)39-42-40(28-14-5-2-6-15-28)44-41(43-39)34-18-10-20-36-38(34)37-33(17-9-19-35(37)45-36)30-23-24-32-29(25-30)22-21-26-11-7-8-16-31(26)32/h1-25,36,38H. The second kappa shape index (κ2) is 10.4. The number of fused-ring (bicyclic) bond motifs is 6. The Bertz CT molecular complexity index is 2250. The van der Waals surface area contributed by atoms with Crippen LogP contribution in [0.15, 0.2) is 152 Å². The van der Waals surface area contributed by atoms with Crippen molar-refractivity contribution in [1.29, 1.82) is 0 Å². The van der Waals surface area contributed by atoms with Crippen LogP contribution in [0.2, 0.25) is 0 Å². The molecule has 212 valence electrons. The van der Waals surface area contributed by atoms with Crippen LogP contribution in [0.1, 0.15) is 17.3 Å². The highest BCUT2D eigenvalue weighted by Gasteiger charge is 2.40. The van der Waals surface area contributed by atoms with Gasteiger partial charge in [0.25, 0.3) is 0 Å². The van der Waals surface area contributed by atoms with E-state index in [0.717, 1.165) is 28.0 Å². The predicted octanol–water partition coefficient (Wildman–Crippen LogP) is 9.68. The third kappa shape index (κ3) is 4.34. The van der Waals surface area contributed by atoms with Crippen LogP contribution in [0.3, 0.4) is 0 Å². The third-order valence-corrected chi connectivity index (χ3v) is 8.89. The SMILES string of the molecule is C1=CC2Oc3cccc(-c4ccc5c(ccc6ccccc65)c4)c3C2C(c2nc(-c3ccccc3)nc(-c3ccccc3)n2)=C1. The van der Waals surface area contributed by atoms with Crippen LogP contribution in [0.4, 0.5) is 0 Å². The third-order valence-electron chi connectivity index (χ3n) is 8.89. The number of nitrogens with zero attached hydrogens (tertiary/aromatic N) is 3. The van der Waals surface area contributed by atoms with Gasteiger partial charge in [0.15, 0.2) is 17.5 Å². The first-order valence-electron chi connectivity index (χ1n) is 15.3. The first kappa shape index (κ1) is 25.6. The summed E-state index contributed by atoms with van der Waals surface area (Å²) in [6.07, 6.45) is 6.20. The number of hydrogen-bond acceptors (Lipinski definition) is 4. The van der Waals surface area contributed by atoms with Gasteiger partial charge in [-0.25, -0.2) is 15.0 Å². The molecule has 0 saturated carbocycles. The van der Waals surface area contributed by atoms with E-state index in [0.29, 0.717) is 17.5 Å². The predicted molar refractivity (Wildman–Crippen MR) is 182 cm³/mol. The molecule has 45 heavy (non-hydrogen) atoms. The van der Waals surface area contributed by atoms with E-state index >= 15 is 0 Å². The summed E-state index contributed by atoms with van der Waals surface area (Å²) in [6, 6.07) is 46.4. The van der Waals surface area contributed by atoms with Crippen LogP contribution in [-0.2, 0) is 0 Å². The summed E-state index contributed by atoms with van der Waals surface area (Å²) in [5.74, 6) is 2.81. The van der Waals surface area contributed by atoms with Crippen molar-refractivity contribution in [2.75, 3.05) is 0 Å². The van der Waals surface area contributed by atoms with Gasteiger partial charge < -0.3 is 4.74 Å². The molecule has 6 aromatic carbocycles. The highest BCUT2D eigenvalue weighted by atomic mass is 16.5. The second-order valence-electron chi connectivity index (χ2n) is 11.5. The van der Waals surface area contributed by atoms with E-state index in [1.54, 1.807) is 0 Å². The van der Waals surface area contributed by atoms with Crippen LogP contribution in [0, 0.1) is 0 Å². The van der Waals surface area contributed by atoms with E-state index in [9.17, 15) is 0 Å². The van der Waals surface area contributed by atoms with Crippen molar-refractivity contribution in [2.24, 2.45) is 0 Å². The molecule has 2 heterocycles. The quantitative estimate of drug-likeness (QED) is 0.195. The number of hydrogen-bond donors (Lipinski definition) is 0. The van der Waals surface area contributed by atoms with E-state index < -0.39 is 0 Å². The minimum absolute atomic E-state index is 0.0665. The van der Waals surface area contributed by atoms with Crippen molar-refractivity contribution in [3.63, 3.8) is 0 Å². The lowest BCUT2D eigenvalue weighted by Crippen LogP contribution is -2.21. The van der Waals surface area contributed by atoms with E-state index in [-0.39, 0.29) is 12.0 Å². The van der Waals surface area contributed by atoms with Gasteiger partial charge in [-0.2, -0.15) is 0 Å². The van der Waals surface area contributed by atoms with Gasteiger partial charge >= 0.3 is 0 Å². The minimum Gasteiger partial charge on any atom is -0.485 e. The highest BCUT2D eigenvalue weighted by molar-refractivity contribution is 6.08. The molecule has 2 aliphatic rings. The monoisotopic (exact) mass is 577 g/mol. The molecule has 1 aliphatic carbocycles. The zero-order valence-electron chi connectivity index (χ0n) is 24.3. The average Bonchev–Trinajstić information content (AvgIpc) is 3.51. The Balaban J connectivity index is 1.20. The van der Waals surface area contributed by atoms with Gasteiger partial charge in [0, 0.05) is 22.3 Å². The summed E-state index contributed by atoms with van der Waals surface area (Å²) in [5.41, 5.74) is 6.43. The second-order valence-corrected chi connectivity index (χ2v) is 11.5. The number of benzene rings is 6. The maximum atomic E-state index is 6.60. The average molecular weight is 578 g/mol. The lowest BCUT2D eigenvalue weighted by atomic mass is 9.80. The van der Waals surface area contributed by atoms with Crippen molar-refractivity contribution >= 4 is 27.1 Å². The highest BCUT2D eigenvalue weighted by Crippen LogP contribution is 2.51. The lowest BCUT2D eigenvalue weighted by Gasteiger charge is -2.23. The summed E-state index contributed by atoms with van der Waals surface area (Å²) >= 11 is 0. The molecule has 0 spiro atoms. The summed E-state index contributed by atoms with van der Waals surface area (Å²) in [6.45, 7) is 0. The number of ether oxygens (including phenoxy) is 1. The van der Waals surface area contributed by atoms with Crippen LogP contribution in [-0.4, -0.2) is 21.1 Å². The molecule has 2 atom stereocenters. The Hall–Kier alpha value is -5.87. The molecular weight excluding hydrogens is 550 g/mol. The Morgan fingerprint density at radius 3 is 1.96 bits per heavy atom. The Morgan fingerprint density at radius 1 is 0.511 bits per heavy atom.